The van der Waals surface area contributed by atoms with Crippen molar-refractivity contribution in [2.24, 2.45) is 0 Å². The van der Waals surface area contributed by atoms with E-state index >= 15 is 0 Å². The Hall–Kier alpha value is -1.10. The summed E-state index contributed by atoms with van der Waals surface area (Å²) in [6.07, 6.45) is 3.30. The number of rotatable bonds is 3. The molecule has 2 aromatic rings. The lowest BCUT2D eigenvalue weighted by atomic mass is 10.0. The van der Waals surface area contributed by atoms with Crippen molar-refractivity contribution in [3.63, 3.8) is 0 Å². The van der Waals surface area contributed by atoms with Crippen LogP contribution in [0.3, 0.4) is 0 Å². The SMILES string of the molecule is C=Cc1c(-c2ccsc2Cl)cc(=O)oc1/C=C/Br. The molecule has 0 spiro atoms. The molecule has 0 aliphatic carbocycles. The van der Waals surface area contributed by atoms with Crippen LogP contribution in [0.1, 0.15) is 11.3 Å². The number of thiophene rings is 1. The van der Waals surface area contributed by atoms with Gasteiger partial charge in [0.15, 0.2) is 0 Å². The van der Waals surface area contributed by atoms with Crippen LogP contribution in [0.25, 0.3) is 23.3 Å². The van der Waals surface area contributed by atoms with E-state index in [0.717, 1.165) is 16.7 Å². The molecule has 2 heterocycles. The maximum Gasteiger partial charge on any atom is 0.336 e. The monoisotopic (exact) mass is 342 g/mol. The highest BCUT2D eigenvalue weighted by Crippen LogP contribution is 2.35. The summed E-state index contributed by atoms with van der Waals surface area (Å²) in [6, 6.07) is 3.30. The van der Waals surface area contributed by atoms with E-state index in [9.17, 15) is 4.79 Å². The van der Waals surface area contributed by atoms with Gasteiger partial charge < -0.3 is 4.42 Å². The first-order valence-electron chi connectivity index (χ1n) is 4.98. The molecule has 0 saturated carbocycles. The van der Waals surface area contributed by atoms with Crippen LogP contribution in [0.2, 0.25) is 4.34 Å². The summed E-state index contributed by atoms with van der Waals surface area (Å²) in [5.74, 6) is 0.451. The second kappa shape index (κ2) is 5.69. The van der Waals surface area contributed by atoms with Gasteiger partial charge in [0.05, 0.1) is 0 Å². The maximum absolute atomic E-state index is 11.6. The molecule has 0 atom stereocenters. The summed E-state index contributed by atoms with van der Waals surface area (Å²) in [6.45, 7) is 3.75. The standard InChI is InChI=1S/C13H8BrClO2S/c1-2-8-10(9-4-6-18-13(9)15)7-12(16)17-11(8)3-5-14/h2-7H,1H2/b5-3+. The molecule has 2 nitrogen and oxygen atoms in total. The molecule has 0 bridgehead atoms. The largest absolute Gasteiger partial charge is 0.423 e. The molecule has 5 heteroatoms. The van der Waals surface area contributed by atoms with Crippen LogP contribution in [0, 0.1) is 0 Å². The lowest BCUT2D eigenvalue weighted by Gasteiger charge is -2.06. The zero-order valence-corrected chi connectivity index (χ0v) is 12.3. The summed E-state index contributed by atoms with van der Waals surface area (Å²) < 4.78 is 5.77. The van der Waals surface area contributed by atoms with Gasteiger partial charge in [-0.1, -0.05) is 40.2 Å². The highest BCUT2D eigenvalue weighted by atomic mass is 79.9. The third kappa shape index (κ3) is 2.51. The molecule has 0 aliphatic rings. The fourth-order valence-corrected chi connectivity index (χ4v) is 2.81. The minimum Gasteiger partial charge on any atom is -0.423 e. The summed E-state index contributed by atoms with van der Waals surface area (Å²) in [4.78, 5) is 13.2. The number of hydrogen-bond acceptors (Lipinski definition) is 3. The van der Waals surface area contributed by atoms with Crippen LogP contribution in [0.4, 0.5) is 0 Å². The Bertz CT molecular complexity index is 670. The number of halogens is 2. The molecule has 2 aromatic heterocycles. The van der Waals surface area contributed by atoms with Crippen molar-refractivity contribution in [1.82, 2.24) is 0 Å². The molecule has 0 N–H and O–H groups in total. The van der Waals surface area contributed by atoms with Gasteiger partial charge in [0, 0.05) is 22.8 Å². The predicted molar refractivity (Wildman–Crippen MR) is 81.4 cm³/mol. The highest BCUT2D eigenvalue weighted by molar-refractivity contribution is 9.11. The van der Waals surface area contributed by atoms with Crippen molar-refractivity contribution in [3.05, 3.63) is 55.2 Å². The molecule has 2 rings (SSSR count). The first-order valence-corrected chi connectivity index (χ1v) is 7.15. The second-order valence-corrected chi connectivity index (χ2v) is 5.41. The third-order valence-corrected chi connectivity index (χ3v) is 3.79. The van der Waals surface area contributed by atoms with Gasteiger partial charge in [-0.2, -0.15) is 0 Å². The molecule has 0 aliphatic heterocycles. The van der Waals surface area contributed by atoms with Crippen LogP contribution >= 0.6 is 38.9 Å². The van der Waals surface area contributed by atoms with Crippen molar-refractivity contribution >= 4 is 51.0 Å². The minimum atomic E-state index is -0.418. The Kier molecular flexibility index (Phi) is 4.22. The van der Waals surface area contributed by atoms with Crippen molar-refractivity contribution in [1.29, 1.82) is 0 Å². The van der Waals surface area contributed by atoms with Gasteiger partial charge in [-0.25, -0.2) is 4.79 Å². The minimum absolute atomic E-state index is 0.418. The summed E-state index contributed by atoms with van der Waals surface area (Å²) in [5, 5.41) is 1.87. The van der Waals surface area contributed by atoms with Crippen LogP contribution in [-0.2, 0) is 0 Å². The Morgan fingerprint density at radius 1 is 1.44 bits per heavy atom. The predicted octanol–water partition coefficient (Wildman–Crippen LogP) is 5.03. The average molecular weight is 344 g/mol. The van der Waals surface area contributed by atoms with Crippen molar-refractivity contribution < 1.29 is 4.42 Å². The van der Waals surface area contributed by atoms with E-state index in [0.29, 0.717) is 10.1 Å². The average Bonchev–Trinajstić information content (AvgIpc) is 2.75. The van der Waals surface area contributed by atoms with Crippen molar-refractivity contribution in [2.75, 3.05) is 0 Å². The van der Waals surface area contributed by atoms with E-state index in [1.54, 1.807) is 17.1 Å². The van der Waals surface area contributed by atoms with E-state index in [-0.39, 0.29) is 0 Å². The van der Waals surface area contributed by atoms with Gasteiger partial charge in [-0.05, 0) is 22.5 Å². The molecule has 0 radical (unpaired) electrons. The maximum atomic E-state index is 11.6. The Morgan fingerprint density at radius 2 is 2.22 bits per heavy atom. The van der Waals surface area contributed by atoms with Gasteiger partial charge >= 0.3 is 5.63 Å². The molecular weight excluding hydrogens is 336 g/mol. The van der Waals surface area contributed by atoms with Gasteiger partial charge in [0.2, 0.25) is 0 Å². The molecule has 0 unspecified atom stereocenters. The number of hydrogen-bond donors (Lipinski definition) is 0. The molecule has 92 valence electrons. The van der Waals surface area contributed by atoms with E-state index < -0.39 is 5.63 Å². The molecule has 0 saturated heterocycles. The van der Waals surface area contributed by atoms with E-state index in [1.165, 1.54) is 17.4 Å². The van der Waals surface area contributed by atoms with Crippen molar-refractivity contribution in [3.8, 4) is 11.1 Å². The fourth-order valence-electron chi connectivity index (χ4n) is 1.62. The second-order valence-electron chi connectivity index (χ2n) is 3.36. The van der Waals surface area contributed by atoms with Gasteiger partial charge in [-0.15, -0.1) is 11.3 Å². The summed E-state index contributed by atoms with van der Waals surface area (Å²) in [5.41, 5.74) is 1.87. The Labute approximate surface area is 121 Å². The van der Waals surface area contributed by atoms with E-state index in [2.05, 4.69) is 22.5 Å². The van der Waals surface area contributed by atoms with Gasteiger partial charge in [-0.3, -0.25) is 0 Å². The first kappa shape index (κ1) is 13.3. The fraction of sp³-hybridized carbons (Fsp3) is 0. The molecule has 18 heavy (non-hydrogen) atoms. The van der Waals surface area contributed by atoms with Crippen LogP contribution < -0.4 is 5.63 Å². The van der Waals surface area contributed by atoms with Crippen LogP contribution in [0.5, 0.6) is 0 Å². The summed E-state index contributed by atoms with van der Waals surface area (Å²) >= 11 is 10.7. The first-order chi connectivity index (χ1) is 8.67. The Morgan fingerprint density at radius 3 is 2.78 bits per heavy atom. The third-order valence-electron chi connectivity index (χ3n) is 2.36. The smallest absolute Gasteiger partial charge is 0.336 e. The molecule has 0 fully saturated rings. The molecule has 0 aromatic carbocycles. The lowest BCUT2D eigenvalue weighted by molar-refractivity contribution is 0.501. The lowest BCUT2D eigenvalue weighted by Crippen LogP contribution is -2.01. The zero-order valence-electron chi connectivity index (χ0n) is 9.15. The van der Waals surface area contributed by atoms with Gasteiger partial charge in [0.25, 0.3) is 0 Å². The zero-order chi connectivity index (χ0) is 13.1. The molecule has 0 amide bonds. The van der Waals surface area contributed by atoms with E-state index in [4.69, 9.17) is 16.0 Å². The Balaban J connectivity index is 2.78. The summed E-state index contributed by atoms with van der Waals surface area (Å²) in [7, 11) is 0. The highest BCUT2D eigenvalue weighted by Gasteiger charge is 2.13. The molecular formula is C13H8BrClO2S. The van der Waals surface area contributed by atoms with Gasteiger partial charge in [0.1, 0.15) is 10.1 Å². The van der Waals surface area contributed by atoms with Crippen molar-refractivity contribution in [2.45, 2.75) is 0 Å². The van der Waals surface area contributed by atoms with Crippen LogP contribution in [0.15, 0.2) is 38.3 Å². The normalized spacial score (nSPS) is 11.0. The van der Waals surface area contributed by atoms with E-state index in [1.807, 2.05) is 11.4 Å². The topological polar surface area (TPSA) is 30.2 Å². The quantitative estimate of drug-likeness (QED) is 0.782. The van der Waals surface area contributed by atoms with Crippen LogP contribution in [-0.4, -0.2) is 0 Å².